The van der Waals surface area contributed by atoms with Gasteiger partial charge in [0.2, 0.25) is 21.8 Å². The van der Waals surface area contributed by atoms with Crippen LogP contribution in [0.25, 0.3) is 0 Å². The molecule has 0 bridgehead atoms. The van der Waals surface area contributed by atoms with E-state index in [1.54, 1.807) is 0 Å². The molecule has 7 nitrogen and oxygen atoms in total. The zero-order chi connectivity index (χ0) is 28.6. The van der Waals surface area contributed by atoms with Gasteiger partial charge in [0, 0.05) is 19.0 Å². The maximum atomic E-state index is 14.0. The van der Waals surface area contributed by atoms with Gasteiger partial charge in [-0.1, -0.05) is 90.8 Å². The van der Waals surface area contributed by atoms with Crippen LogP contribution in [-0.4, -0.2) is 50.0 Å². The van der Waals surface area contributed by atoms with Gasteiger partial charge in [-0.25, -0.2) is 8.42 Å². The van der Waals surface area contributed by atoms with Crippen molar-refractivity contribution in [1.29, 1.82) is 0 Å². The summed E-state index contributed by atoms with van der Waals surface area (Å²) in [6.07, 6.45) is 1.99. The topological polar surface area (TPSA) is 86.8 Å². The van der Waals surface area contributed by atoms with Crippen molar-refractivity contribution in [2.75, 3.05) is 17.1 Å². The number of hydrogen-bond donors (Lipinski definition) is 1. The van der Waals surface area contributed by atoms with Gasteiger partial charge in [0.15, 0.2) is 0 Å². The van der Waals surface area contributed by atoms with Gasteiger partial charge in [0.1, 0.15) is 12.6 Å². The molecule has 10 heteroatoms. The predicted octanol–water partition coefficient (Wildman–Crippen LogP) is 5.31. The highest BCUT2D eigenvalue weighted by Crippen LogP contribution is 2.29. The Kier molecular flexibility index (Phi) is 10.8. The average Bonchev–Trinajstić information content (AvgIpc) is 2.91. The first-order chi connectivity index (χ1) is 18.5. The number of carbonyl (C=O) groups is 2. The quantitative estimate of drug-likeness (QED) is 0.310. The van der Waals surface area contributed by atoms with Crippen LogP contribution < -0.4 is 9.62 Å². The lowest BCUT2D eigenvalue weighted by atomic mass is 10.0. The monoisotopic (exact) mass is 589 g/mol. The second-order valence-electron chi connectivity index (χ2n) is 9.40. The second kappa shape index (κ2) is 13.8. The Balaban J connectivity index is 2.05. The third kappa shape index (κ3) is 8.71. The molecule has 0 aliphatic heterocycles. The molecule has 0 aromatic heterocycles. The zero-order valence-electron chi connectivity index (χ0n) is 22.2. The molecule has 1 N–H and O–H groups in total. The lowest BCUT2D eigenvalue weighted by molar-refractivity contribution is -0.140. The lowest BCUT2D eigenvalue weighted by Gasteiger charge is -2.34. The first-order valence-corrected chi connectivity index (χ1v) is 15.2. The smallest absolute Gasteiger partial charge is 0.244 e. The number of carbonyl (C=O) groups excluding carboxylic acids is 2. The number of amides is 2. The Labute approximate surface area is 240 Å². The van der Waals surface area contributed by atoms with Crippen molar-refractivity contribution in [1.82, 2.24) is 10.2 Å². The van der Waals surface area contributed by atoms with Crippen molar-refractivity contribution in [3.8, 4) is 0 Å². The van der Waals surface area contributed by atoms with E-state index in [9.17, 15) is 18.0 Å². The normalized spacial score (nSPS) is 12.8. The highest BCUT2D eigenvalue weighted by molar-refractivity contribution is 7.92. The molecule has 2 amide bonds. The molecule has 0 saturated carbocycles. The summed E-state index contributed by atoms with van der Waals surface area (Å²) < 4.78 is 26.6. The molecule has 0 spiro atoms. The third-order valence-corrected chi connectivity index (χ3v) is 8.22. The summed E-state index contributed by atoms with van der Waals surface area (Å²) in [7, 11) is -3.89. The fourth-order valence-electron chi connectivity index (χ4n) is 4.03. The average molecular weight is 591 g/mol. The minimum atomic E-state index is -3.89. The highest BCUT2D eigenvalue weighted by atomic mass is 35.5. The summed E-state index contributed by atoms with van der Waals surface area (Å²) in [5, 5.41) is 3.42. The van der Waals surface area contributed by atoms with Gasteiger partial charge in [-0.15, -0.1) is 0 Å². The molecule has 39 heavy (non-hydrogen) atoms. The van der Waals surface area contributed by atoms with Gasteiger partial charge in [-0.3, -0.25) is 13.9 Å². The Bertz CT molecular complexity index is 1370. The summed E-state index contributed by atoms with van der Waals surface area (Å²) in [6, 6.07) is 22.1. The van der Waals surface area contributed by atoms with Crippen LogP contribution >= 0.6 is 23.2 Å². The van der Waals surface area contributed by atoms with Gasteiger partial charge < -0.3 is 10.2 Å². The van der Waals surface area contributed by atoms with Crippen molar-refractivity contribution in [3.05, 3.63) is 100 Å². The molecule has 3 rings (SSSR count). The number of sulfonamides is 1. The second-order valence-corrected chi connectivity index (χ2v) is 12.1. The number of nitrogens with zero attached hydrogens (tertiary/aromatic N) is 2. The van der Waals surface area contributed by atoms with E-state index in [4.69, 9.17) is 23.2 Å². The van der Waals surface area contributed by atoms with Gasteiger partial charge >= 0.3 is 0 Å². The number of nitrogens with one attached hydrogen (secondary N) is 1. The molecule has 0 radical (unpaired) electrons. The van der Waals surface area contributed by atoms with Crippen molar-refractivity contribution in [2.24, 2.45) is 0 Å². The van der Waals surface area contributed by atoms with Crippen LogP contribution in [-0.2, 0) is 32.6 Å². The molecular weight excluding hydrogens is 557 g/mol. The van der Waals surface area contributed by atoms with E-state index in [0.29, 0.717) is 0 Å². The Morgan fingerprint density at radius 2 is 1.49 bits per heavy atom. The van der Waals surface area contributed by atoms with Gasteiger partial charge in [-0.05, 0) is 42.7 Å². The van der Waals surface area contributed by atoms with Gasteiger partial charge in [-0.2, -0.15) is 0 Å². The Hall–Kier alpha value is -3.07. The van der Waals surface area contributed by atoms with Crippen molar-refractivity contribution < 1.29 is 18.0 Å². The number of hydrogen-bond acceptors (Lipinski definition) is 4. The molecule has 0 saturated heterocycles. The van der Waals surface area contributed by atoms with Crippen LogP contribution in [0.3, 0.4) is 0 Å². The molecule has 208 valence electrons. The fourth-order valence-corrected chi connectivity index (χ4v) is 5.16. The van der Waals surface area contributed by atoms with Crippen LogP contribution in [0.1, 0.15) is 31.4 Å². The first-order valence-electron chi connectivity index (χ1n) is 12.6. The summed E-state index contributed by atoms with van der Waals surface area (Å²) in [6.45, 7) is 3.46. The molecule has 0 heterocycles. The molecule has 0 aliphatic carbocycles. The predicted molar refractivity (Wildman–Crippen MR) is 157 cm³/mol. The molecule has 0 fully saturated rings. The minimum Gasteiger partial charge on any atom is -0.352 e. The SMILES string of the molecule is CC[C@@H](C)NC(=O)[C@@H](Cc1ccccc1)N(Cc1ccccc1)C(=O)CN(c1ccc(Cl)c(Cl)c1)S(C)(=O)=O. The lowest BCUT2D eigenvalue weighted by Crippen LogP contribution is -2.54. The van der Waals surface area contributed by atoms with E-state index in [0.717, 1.165) is 28.1 Å². The fraction of sp³-hybridized carbons (Fsp3) is 0.310. The molecule has 3 aromatic rings. The van der Waals surface area contributed by atoms with Crippen LogP contribution in [0.15, 0.2) is 78.9 Å². The van der Waals surface area contributed by atoms with E-state index in [1.807, 2.05) is 74.5 Å². The van der Waals surface area contributed by atoms with E-state index < -0.39 is 28.5 Å². The highest BCUT2D eigenvalue weighted by Gasteiger charge is 2.33. The van der Waals surface area contributed by atoms with Crippen molar-refractivity contribution >= 4 is 50.7 Å². The largest absolute Gasteiger partial charge is 0.352 e. The maximum Gasteiger partial charge on any atom is 0.244 e. The molecule has 2 atom stereocenters. The standard InChI is InChI=1S/C29H33Cl2N3O4S/c1-4-21(2)32-29(36)27(17-22-11-7-5-8-12-22)33(19-23-13-9-6-10-14-23)28(35)20-34(39(3,37)38)24-15-16-25(30)26(31)18-24/h5-16,18,21,27H,4,17,19-20H2,1-3H3,(H,32,36)/t21-,27-/m1/s1. The molecule has 0 aliphatic rings. The Morgan fingerprint density at radius 3 is 2.03 bits per heavy atom. The van der Waals surface area contributed by atoms with Crippen LogP contribution in [0, 0.1) is 0 Å². The van der Waals surface area contributed by atoms with Crippen molar-refractivity contribution in [3.63, 3.8) is 0 Å². The van der Waals surface area contributed by atoms with Gasteiger partial charge in [0.25, 0.3) is 0 Å². The maximum absolute atomic E-state index is 14.0. The third-order valence-electron chi connectivity index (χ3n) is 6.34. The van der Waals surface area contributed by atoms with Crippen LogP contribution in [0.2, 0.25) is 10.0 Å². The summed E-state index contributed by atoms with van der Waals surface area (Å²) >= 11 is 12.2. The van der Waals surface area contributed by atoms with Crippen LogP contribution in [0.4, 0.5) is 5.69 Å². The summed E-state index contributed by atoms with van der Waals surface area (Å²) in [4.78, 5) is 29.1. The van der Waals surface area contributed by atoms with E-state index in [-0.39, 0.29) is 40.6 Å². The van der Waals surface area contributed by atoms with Crippen LogP contribution in [0.5, 0.6) is 0 Å². The molecular formula is C29H33Cl2N3O4S. The number of rotatable bonds is 12. The Morgan fingerprint density at radius 1 is 0.897 bits per heavy atom. The number of benzene rings is 3. The van der Waals surface area contributed by atoms with E-state index in [1.165, 1.54) is 23.1 Å². The van der Waals surface area contributed by atoms with Crippen molar-refractivity contribution in [2.45, 2.75) is 45.3 Å². The summed E-state index contributed by atoms with van der Waals surface area (Å²) in [5.41, 5.74) is 1.88. The molecule has 3 aromatic carbocycles. The minimum absolute atomic E-state index is 0.104. The number of halogens is 2. The first kappa shape index (κ1) is 30.5. The molecule has 0 unspecified atom stereocenters. The number of anilines is 1. The van der Waals surface area contributed by atoms with Gasteiger partial charge in [0.05, 0.1) is 22.0 Å². The van der Waals surface area contributed by atoms with E-state index >= 15 is 0 Å². The summed E-state index contributed by atoms with van der Waals surface area (Å²) in [5.74, 6) is -0.839. The van der Waals surface area contributed by atoms with E-state index in [2.05, 4.69) is 5.32 Å². The zero-order valence-corrected chi connectivity index (χ0v) is 24.5.